The normalized spacial score (nSPS) is 48.0. The van der Waals surface area contributed by atoms with Crippen LogP contribution in [0.15, 0.2) is 0 Å². The average Bonchev–Trinajstić information content (AvgIpc) is 2.29. The van der Waals surface area contributed by atoms with Gasteiger partial charge in [-0.1, -0.05) is 12.8 Å². The SMILES string of the molecule is OCC1CCCCC1(O)C1(O)CCCC(O)C1. The number of aliphatic hydroxyl groups excluding tert-OH is 2. The number of hydrogen-bond donors (Lipinski definition) is 4. The van der Waals surface area contributed by atoms with Gasteiger partial charge in [0.1, 0.15) is 0 Å². The minimum absolute atomic E-state index is 0.0884. The van der Waals surface area contributed by atoms with Crippen molar-refractivity contribution in [2.45, 2.75) is 68.7 Å². The maximum atomic E-state index is 10.8. The van der Waals surface area contributed by atoms with Crippen molar-refractivity contribution in [1.29, 1.82) is 0 Å². The second-order valence-electron chi connectivity index (χ2n) is 5.83. The first-order valence-electron chi connectivity index (χ1n) is 6.75. The molecule has 4 heteroatoms. The van der Waals surface area contributed by atoms with Crippen molar-refractivity contribution >= 4 is 0 Å². The van der Waals surface area contributed by atoms with Crippen LogP contribution in [-0.4, -0.2) is 44.3 Å². The van der Waals surface area contributed by atoms with Crippen LogP contribution in [0.1, 0.15) is 51.4 Å². The van der Waals surface area contributed by atoms with Crippen molar-refractivity contribution in [3.8, 4) is 0 Å². The van der Waals surface area contributed by atoms with Gasteiger partial charge in [0.05, 0.1) is 17.3 Å². The molecule has 0 radical (unpaired) electrons. The molecule has 100 valence electrons. The van der Waals surface area contributed by atoms with Crippen molar-refractivity contribution in [3.05, 3.63) is 0 Å². The molecule has 2 aliphatic carbocycles. The van der Waals surface area contributed by atoms with Crippen LogP contribution in [0.4, 0.5) is 0 Å². The first-order chi connectivity index (χ1) is 8.02. The first-order valence-corrected chi connectivity index (χ1v) is 6.75. The molecule has 2 aliphatic rings. The van der Waals surface area contributed by atoms with Crippen molar-refractivity contribution in [2.24, 2.45) is 5.92 Å². The van der Waals surface area contributed by atoms with Crippen molar-refractivity contribution < 1.29 is 20.4 Å². The smallest absolute Gasteiger partial charge is 0.0984 e. The maximum absolute atomic E-state index is 10.8. The Bertz CT molecular complexity index is 270. The molecule has 2 rings (SSSR count). The third-order valence-corrected chi connectivity index (χ3v) is 4.76. The Morgan fingerprint density at radius 1 is 1.00 bits per heavy atom. The standard InChI is InChI=1S/C13H24O4/c14-9-10-4-1-2-7-13(10,17)12(16)6-3-5-11(15)8-12/h10-11,14-17H,1-9H2. The summed E-state index contributed by atoms with van der Waals surface area (Å²) in [6, 6.07) is 0. The van der Waals surface area contributed by atoms with Crippen LogP contribution in [0.5, 0.6) is 0 Å². The summed E-state index contributed by atoms with van der Waals surface area (Å²) in [6.07, 6.45) is 4.82. The lowest BCUT2D eigenvalue weighted by atomic mass is 9.61. The van der Waals surface area contributed by atoms with E-state index in [-0.39, 0.29) is 18.9 Å². The summed E-state index contributed by atoms with van der Waals surface area (Å²) in [5.41, 5.74) is -2.44. The third-order valence-electron chi connectivity index (χ3n) is 4.76. The van der Waals surface area contributed by atoms with E-state index in [1.165, 1.54) is 0 Å². The van der Waals surface area contributed by atoms with Crippen molar-refractivity contribution in [3.63, 3.8) is 0 Å². The Kier molecular flexibility index (Phi) is 3.78. The molecule has 0 bridgehead atoms. The summed E-state index contributed by atoms with van der Waals surface area (Å²) in [5, 5.41) is 40.6. The first kappa shape index (κ1) is 13.3. The van der Waals surface area contributed by atoms with Gasteiger partial charge in [-0.25, -0.2) is 0 Å². The zero-order chi connectivity index (χ0) is 12.5. The summed E-state index contributed by atoms with van der Waals surface area (Å²) < 4.78 is 0. The summed E-state index contributed by atoms with van der Waals surface area (Å²) in [7, 11) is 0. The van der Waals surface area contributed by atoms with Gasteiger partial charge in [-0.3, -0.25) is 0 Å². The Morgan fingerprint density at radius 2 is 1.76 bits per heavy atom. The fourth-order valence-corrected chi connectivity index (χ4v) is 3.70. The summed E-state index contributed by atoms with van der Waals surface area (Å²) >= 11 is 0. The molecule has 0 aromatic heterocycles. The van der Waals surface area contributed by atoms with E-state index in [2.05, 4.69) is 0 Å². The van der Waals surface area contributed by atoms with Gasteiger partial charge in [-0.15, -0.1) is 0 Å². The van der Waals surface area contributed by atoms with Crippen LogP contribution in [0.25, 0.3) is 0 Å². The van der Waals surface area contributed by atoms with Crippen LogP contribution < -0.4 is 0 Å². The molecule has 0 aromatic rings. The molecule has 17 heavy (non-hydrogen) atoms. The lowest BCUT2D eigenvalue weighted by Gasteiger charge is -2.52. The van der Waals surface area contributed by atoms with E-state index in [1.54, 1.807) is 0 Å². The number of rotatable bonds is 2. The maximum Gasteiger partial charge on any atom is 0.0984 e. The van der Waals surface area contributed by atoms with Gasteiger partial charge < -0.3 is 20.4 Å². The molecule has 0 amide bonds. The van der Waals surface area contributed by atoms with E-state index in [0.717, 1.165) is 25.7 Å². The molecule has 0 aliphatic heterocycles. The molecule has 0 heterocycles. The van der Waals surface area contributed by atoms with E-state index in [0.29, 0.717) is 19.3 Å². The second kappa shape index (κ2) is 4.84. The fraction of sp³-hybridized carbons (Fsp3) is 1.00. The number of hydrogen-bond acceptors (Lipinski definition) is 4. The van der Waals surface area contributed by atoms with Gasteiger partial charge in [0.2, 0.25) is 0 Å². The molecule has 2 saturated carbocycles. The van der Waals surface area contributed by atoms with Gasteiger partial charge in [0.15, 0.2) is 0 Å². The minimum atomic E-state index is -1.22. The average molecular weight is 244 g/mol. The molecule has 4 N–H and O–H groups in total. The topological polar surface area (TPSA) is 80.9 Å². The van der Waals surface area contributed by atoms with E-state index in [9.17, 15) is 20.4 Å². The lowest BCUT2D eigenvalue weighted by Crippen LogP contribution is -2.62. The Hall–Kier alpha value is -0.160. The van der Waals surface area contributed by atoms with E-state index < -0.39 is 17.3 Å². The molecule has 2 fully saturated rings. The lowest BCUT2D eigenvalue weighted by molar-refractivity contribution is -0.224. The summed E-state index contributed by atoms with van der Waals surface area (Å²) in [6.45, 7) is -0.0884. The Balaban J connectivity index is 2.21. The fourth-order valence-electron chi connectivity index (χ4n) is 3.70. The molecule has 0 spiro atoms. The monoisotopic (exact) mass is 244 g/mol. The summed E-state index contributed by atoms with van der Waals surface area (Å²) in [4.78, 5) is 0. The van der Waals surface area contributed by atoms with Crippen LogP contribution in [0.2, 0.25) is 0 Å². The van der Waals surface area contributed by atoms with Gasteiger partial charge in [0.25, 0.3) is 0 Å². The Labute approximate surface area is 102 Å². The zero-order valence-electron chi connectivity index (χ0n) is 10.3. The third kappa shape index (κ3) is 2.24. The van der Waals surface area contributed by atoms with Gasteiger partial charge >= 0.3 is 0 Å². The number of aliphatic hydroxyl groups is 4. The largest absolute Gasteiger partial charge is 0.396 e. The van der Waals surface area contributed by atoms with Gasteiger partial charge in [0, 0.05) is 18.9 Å². The highest BCUT2D eigenvalue weighted by atomic mass is 16.4. The molecular weight excluding hydrogens is 220 g/mol. The Morgan fingerprint density at radius 3 is 2.41 bits per heavy atom. The highest BCUT2D eigenvalue weighted by molar-refractivity contribution is 5.07. The molecule has 4 atom stereocenters. The highest BCUT2D eigenvalue weighted by Gasteiger charge is 2.55. The van der Waals surface area contributed by atoms with Crippen LogP contribution >= 0.6 is 0 Å². The minimum Gasteiger partial charge on any atom is -0.396 e. The molecule has 0 aromatic carbocycles. The van der Waals surface area contributed by atoms with Crippen molar-refractivity contribution in [1.82, 2.24) is 0 Å². The predicted octanol–water partition coefficient (Wildman–Crippen LogP) is 0.566. The second-order valence-corrected chi connectivity index (χ2v) is 5.83. The predicted molar refractivity (Wildman–Crippen MR) is 63.4 cm³/mol. The van der Waals surface area contributed by atoms with E-state index in [1.807, 2.05) is 0 Å². The molecule has 0 saturated heterocycles. The van der Waals surface area contributed by atoms with Crippen molar-refractivity contribution in [2.75, 3.05) is 6.61 Å². The van der Waals surface area contributed by atoms with E-state index >= 15 is 0 Å². The quantitative estimate of drug-likeness (QED) is 0.572. The van der Waals surface area contributed by atoms with Crippen LogP contribution in [0.3, 0.4) is 0 Å². The highest BCUT2D eigenvalue weighted by Crippen LogP contribution is 2.47. The van der Waals surface area contributed by atoms with Gasteiger partial charge in [-0.05, 0) is 32.1 Å². The van der Waals surface area contributed by atoms with Gasteiger partial charge in [-0.2, -0.15) is 0 Å². The van der Waals surface area contributed by atoms with Crippen LogP contribution in [-0.2, 0) is 0 Å². The summed E-state index contributed by atoms with van der Waals surface area (Å²) in [5.74, 6) is -0.258. The molecule has 4 nitrogen and oxygen atoms in total. The van der Waals surface area contributed by atoms with E-state index in [4.69, 9.17) is 0 Å². The molecule has 4 unspecified atom stereocenters. The molecular formula is C13H24O4. The van der Waals surface area contributed by atoms with Crippen LogP contribution in [0, 0.1) is 5.92 Å². The zero-order valence-corrected chi connectivity index (χ0v) is 10.3.